The Balaban J connectivity index is 1.97. The van der Waals surface area contributed by atoms with Gasteiger partial charge in [0.2, 0.25) is 0 Å². The SMILES string of the molecule is CCCCC1(C(c2ccccc2)c2ccccc2)C(=O)c2ccccc2C1=O. The number of Topliss-reactive ketones (excluding diaryl/α,β-unsaturated/α-hetero) is 2. The average molecular weight is 368 g/mol. The van der Waals surface area contributed by atoms with E-state index < -0.39 is 5.41 Å². The second-order valence-electron chi connectivity index (χ2n) is 7.53. The zero-order valence-electron chi connectivity index (χ0n) is 16.1. The highest BCUT2D eigenvalue weighted by atomic mass is 16.2. The number of rotatable bonds is 6. The molecule has 1 aliphatic rings. The third kappa shape index (κ3) is 2.80. The van der Waals surface area contributed by atoms with Crippen LogP contribution in [0.4, 0.5) is 0 Å². The van der Waals surface area contributed by atoms with Crippen LogP contribution in [0.1, 0.15) is 63.9 Å². The van der Waals surface area contributed by atoms with Crippen molar-refractivity contribution < 1.29 is 9.59 Å². The summed E-state index contributed by atoms with van der Waals surface area (Å²) in [6.07, 6.45) is 2.33. The smallest absolute Gasteiger partial charge is 0.178 e. The number of ketones is 2. The molecule has 0 spiro atoms. The third-order valence-corrected chi connectivity index (χ3v) is 5.91. The van der Waals surface area contributed by atoms with Gasteiger partial charge in [-0.2, -0.15) is 0 Å². The van der Waals surface area contributed by atoms with Crippen molar-refractivity contribution in [1.82, 2.24) is 0 Å². The van der Waals surface area contributed by atoms with Crippen molar-refractivity contribution in [1.29, 1.82) is 0 Å². The highest BCUT2D eigenvalue weighted by Crippen LogP contribution is 2.52. The van der Waals surface area contributed by atoms with E-state index in [1.807, 2.05) is 72.8 Å². The molecule has 0 aromatic heterocycles. The molecule has 3 aromatic carbocycles. The molecule has 2 heteroatoms. The zero-order valence-corrected chi connectivity index (χ0v) is 16.1. The Labute approximate surface area is 166 Å². The first-order valence-electron chi connectivity index (χ1n) is 9.98. The molecule has 0 unspecified atom stereocenters. The molecular weight excluding hydrogens is 344 g/mol. The van der Waals surface area contributed by atoms with Gasteiger partial charge in [0.15, 0.2) is 11.6 Å². The van der Waals surface area contributed by atoms with Crippen molar-refractivity contribution in [2.45, 2.75) is 32.1 Å². The van der Waals surface area contributed by atoms with Crippen molar-refractivity contribution in [2.24, 2.45) is 5.41 Å². The molecule has 140 valence electrons. The molecule has 28 heavy (non-hydrogen) atoms. The van der Waals surface area contributed by atoms with Crippen LogP contribution in [0.2, 0.25) is 0 Å². The molecule has 4 rings (SSSR count). The molecule has 2 nitrogen and oxygen atoms in total. The highest BCUT2D eigenvalue weighted by Gasteiger charge is 2.57. The maximum atomic E-state index is 13.8. The van der Waals surface area contributed by atoms with Gasteiger partial charge in [0.25, 0.3) is 0 Å². The maximum Gasteiger partial charge on any atom is 0.178 e. The molecule has 0 saturated carbocycles. The van der Waals surface area contributed by atoms with E-state index >= 15 is 0 Å². The first-order chi connectivity index (χ1) is 13.7. The van der Waals surface area contributed by atoms with Gasteiger partial charge in [-0.1, -0.05) is 105 Å². The lowest BCUT2D eigenvalue weighted by atomic mass is 9.63. The molecule has 0 aliphatic heterocycles. The fourth-order valence-electron chi connectivity index (χ4n) is 4.60. The first-order valence-corrected chi connectivity index (χ1v) is 9.98. The summed E-state index contributed by atoms with van der Waals surface area (Å²) in [6, 6.07) is 27.3. The van der Waals surface area contributed by atoms with Gasteiger partial charge in [-0.3, -0.25) is 9.59 Å². The number of carbonyl (C=O) groups is 2. The minimum Gasteiger partial charge on any atom is -0.293 e. The van der Waals surface area contributed by atoms with Crippen LogP contribution in [-0.2, 0) is 0 Å². The van der Waals surface area contributed by atoms with Gasteiger partial charge in [0, 0.05) is 17.0 Å². The second kappa shape index (κ2) is 7.55. The predicted octanol–water partition coefficient (Wildman–Crippen LogP) is 6.07. The minimum absolute atomic E-state index is 0.0285. The van der Waals surface area contributed by atoms with Gasteiger partial charge in [-0.15, -0.1) is 0 Å². The summed E-state index contributed by atoms with van der Waals surface area (Å²) < 4.78 is 0. The van der Waals surface area contributed by atoms with Crippen LogP contribution in [0.3, 0.4) is 0 Å². The monoisotopic (exact) mass is 368 g/mol. The van der Waals surface area contributed by atoms with E-state index in [1.165, 1.54) is 0 Å². The molecule has 0 bridgehead atoms. The molecular formula is C26H24O2. The fourth-order valence-corrected chi connectivity index (χ4v) is 4.60. The molecule has 0 saturated heterocycles. The summed E-state index contributed by atoms with van der Waals surface area (Å²) >= 11 is 0. The third-order valence-electron chi connectivity index (χ3n) is 5.91. The van der Waals surface area contributed by atoms with Crippen LogP contribution in [0.25, 0.3) is 0 Å². The molecule has 0 N–H and O–H groups in total. The Morgan fingerprint density at radius 2 is 1.11 bits per heavy atom. The van der Waals surface area contributed by atoms with E-state index in [0.717, 1.165) is 24.0 Å². The van der Waals surface area contributed by atoms with Crippen LogP contribution in [-0.4, -0.2) is 11.6 Å². The summed E-state index contributed by atoms with van der Waals surface area (Å²) in [5.41, 5.74) is 2.09. The van der Waals surface area contributed by atoms with Gasteiger partial charge in [0.1, 0.15) is 5.41 Å². The van der Waals surface area contributed by atoms with Gasteiger partial charge in [-0.05, 0) is 17.5 Å². The van der Waals surface area contributed by atoms with Crippen LogP contribution >= 0.6 is 0 Å². The number of unbranched alkanes of at least 4 members (excludes halogenated alkanes) is 1. The summed E-state index contributed by atoms with van der Waals surface area (Å²) in [4.78, 5) is 27.6. The van der Waals surface area contributed by atoms with Crippen molar-refractivity contribution in [3.05, 3.63) is 107 Å². The fraction of sp³-hybridized carbons (Fsp3) is 0.231. The highest BCUT2D eigenvalue weighted by molar-refractivity contribution is 6.30. The van der Waals surface area contributed by atoms with Crippen molar-refractivity contribution >= 4 is 11.6 Å². The van der Waals surface area contributed by atoms with E-state index in [-0.39, 0.29) is 17.5 Å². The van der Waals surface area contributed by atoms with E-state index in [9.17, 15) is 9.59 Å². The number of fused-ring (bicyclic) bond motifs is 1. The number of carbonyl (C=O) groups excluding carboxylic acids is 2. The summed E-state index contributed by atoms with van der Waals surface area (Å²) in [6.45, 7) is 2.10. The van der Waals surface area contributed by atoms with E-state index in [4.69, 9.17) is 0 Å². The first kappa shape index (κ1) is 18.4. The van der Waals surface area contributed by atoms with Gasteiger partial charge < -0.3 is 0 Å². The predicted molar refractivity (Wildman–Crippen MR) is 112 cm³/mol. The number of hydrogen-bond donors (Lipinski definition) is 0. The zero-order chi connectivity index (χ0) is 19.6. The van der Waals surface area contributed by atoms with Crippen LogP contribution < -0.4 is 0 Å². The second-order valence-corrected chi connectivity index (χ2v) is 7.53. The lowest BCUT2D eigenvalue weighted by molar-refractivity contribution is 0.0648. The van der Waals surface area contributed by atoms with Crippen LogP contribution in [0.15, 0.2) is 84.9 Å². The Morgan fingerprint density at radius 3 is 1.54 bits per heavy atom. The molecule has 0 heterocycles. The summed E-state index contributed by atoms with van der Waals surface area (Å²) in [5, 5.41) is 0. The molecule has 0 radical (unpaired) electrons. The number of hydrogen-bond acceptors (Lipinski definition) is 2. The molecule has 0 fully saturated rings. The maximum absolute atomic E-state index is 13.8. The van der Waals surface area contributed by atoms with Crippen molar-refractivity contribution in [3.63, 3.8) is 0 Å². The van der Waals surface area contributed by atoms with Gasteiger partial charge in [0.05, 0.1) is 0 Å². The molecule has 1 aliphatic carbocycles. The summed E-state index contributed by atoms with van der Waals surface area (Å²) in [7, 11) is 0. The van der Waals surface area contributed by atoms with E-state index in [1.54, 1.807) is 12.1 Å². The standard InChI is InChI=1S/C26H24O2/c1-2-3-18-26(24(27)21-16-10-11-17-22(21)25(26)28)23(19-12-6-4-7-13-19)20-14-8-5-9-15-20/h4-17,23H,2-3,18H2,1H3. The van der Waals surface area contributed by atoms with Crippen molar-refractivity contribution in [2.75, 3.05) is 0 Å². The normalized spacial score (nSPS) is 15.1. The van der Waals surface area contributed by atoms with Crippen LogP contribution in [0.5, 0.6) is 0 Å². The average Bonchev–Trinajstić information content (AvgIpc) is 2.97. The minimum atomic E-state index is -1.08. The van der Waals surface area contributed by atoms with Gasteiger partial charge >= 0.3 is 0 Å². The molecule has 0 amide bonds. The summed E-state index contributed by atoms with van der Waals surface area (Å²) in [5.74, 6) is -0.354. The van der Waals surface area contributed by atoms with E-state index in [0.29, 0.717) is 17.5 Å². The lowest BCUT2D eigenvalue weighted by Gasteiger charge is -2.36. The largest absolute Gasteiger partial charge is 0.293 e. The Kier molecular flexibility index (Phi) is 4.95. The molecule has 0 atom stereocenters. The van der Waals surface area contributed by atoms with Crippen LogP contribution in [0, 0.1) is 5.41 Å². The molecule has 3 aromatic rings. The van der Waals surface area contributed by atoms with Crippen molar-refractivity contribution in [3.8, 4) is 0 Å². The quantitative estimate of drug-likeness (QED) is 0.495. The number of benzene rings is 3. The van der Waals surface area contributed by atoms with Gasteiger partial charge in [-0.25, -0.2) is 0 Å². The Morgan fingerprint density at radius 1 is 0.679 bits per heavy atom. The van der Waals surface area contributed by atoms with E-state index in [2.05, 4.69) is 6.92 Å². The Bertz CT molecular complexity index is 915. The topological polar surface area (TPSA) is 34.1 Å². The Hall–Kier alpha value is -3.00. The lowest BCUT2D eigenvalue weighted by Crippen LogP contribution is -2.40.